The number of alkyl halides is 3. The first kappa shape index (κ1) is 25.1. The largest absolute Gasteiger partial charge is 0.480 e. The second-order valence-electron chi connectivity index (χ2n) is 9.17. The lowest BCUT2D eigenvalue weighted by Gasteiger charge is -2.45. The molecule has 2 fully saturated rings. The number of rotatable bonds is 6. The van der Waals surface area contributed by atoms with Crippen LogP contribution in [0.2, 0.25) is 0 Å². The Morgan fingerprint density at radius 1 is 1.18 bits per heavy atom. The number of nitrogens with zero attached hydrogens (tertiary/aromatic N) is 2. The summed E-state index contributed by atoms with van der Waals surface area (Å²) in [4.78, 5) is 27.2. The van der Waals surface area contributed by atoms with Crippen LogP contribution in [-0.4, -0.2) is 70.5 Å². The highest BCUT2D eigenvalue weighted by molar-refractivity contribution is 5.77. The summed E-state index contributed by atoms with van der Waals surface area (Å²) in [6.45, 7) is 6.57. The van der Waals surface area contributed by atoms with Gasteiger partial charge in [0.25, 0.3) is 0 Å². The van der Waals surface area contributed by atoms with E-state index in [1.165, 1.54) is 4.90 Å². The van der Waals surface area contributed by atoms with Crippen molar-refractivity contribution in [2.75, 3.05) is 25.0 Å². The third kappa shape index (κ3) is 5.90. The third-order valence-corrected chi connectivity index (χ3v) is 6.80. The number of hydrogen-bond donors (Lipinski definition) is 2. The summed E-state index contributed by atoms with van der Waals surface area (Å²) in [7, 11) is 0. The van der Waals surface area contributed by atoms with Gasteiger partial charge in [0.05, 0.1) is 0 Å². The van der Waals surface area contributed by atoms with Crippen LogP contribution in [0.1, 0.15) is 50.7 Å². The average molecular weight is 472 g/mol. The predicted molar refractivity (Wildman–Crippen MR) is 117 cm³/mol. The Morgan fingerprint density at radius 2 is 1.85 bits per heavy atom. The number of carbonyl (C=O) groups excluding carboxylic acids is 1. The van der Waals surface area contributed by atoms with Gasteiger partial charge in [-0.3, -0.25) is 9.69 Å². The van der Waals surface area contributed by atoms with Crippen molar-refractivity contribution in [2.45, 2.75) is 76.9 Å². The number of halogens is 3. The van der Waals surface area contributed by atoms with Crippen LogP contribution in [0.3, 0.4) is 0 Å². The number of carboxylic acids is 1. The Balaban J connectivity index is 1.67. The minimum Gasteiger partial charge on any atom is -0.480 e. The lowest BCUT2D eigenvalue weighted by Crippen LogP contribution is -2.53. The van der Waals surface area contributed by atoms with Crippen LogP contribution in [0.25, 0.3) is 0 Å². The second-order valence-corrected chi connectivity index (χ2v) is 9.17. The van der Waals surface area contributed by atoms with E-state index in [0.29, 0.717) is 32.5 Å². The fraction of sp³-hybridized carbons (Fsp3) is 0.652. The van der Waals surface area contributed by atoms with E-state index in [0.717, 1.165) is 43.1 Å². The smallest absolute Gasteiger partial charge is 0.425 e. The van der Waals surface area contributed by atoms with Crippen LogP contribution in [-0.2, 0) is 16.1 Å². The van der Waals surface area contributed by atoms with Gasteiger partial charge in [-0.2, -0.15) is 13.2 Å². The molecule has 1 aromatic rings. The fourth-order valence-corrected chi connectivity index (χ4v) is 4.67. The normalized spacial score (nSPS) is 20.5. The molecule has 2 N–H and O–H groups in total. The molecule has 10 heteroatoms. The Hall–Kier alpha value is -2.49. The molecule has 0 aliphatic carbocycles. The number of likely N-dealkylation sites (tertiary alicyclic amines) is 2. The Kier molecular flexibility index (Phi) is 7.45. The Labute approximate surface area is 191 Å². The molecule has 2 aliphatic heterocycles. The third-order valence-electron chi connectivity index (χ3n) is 6.80. The number of carboxylic acid groups (broad SMARTS) is 1. The molecule has 1 unspecified atom stereocenters. The molecule has 0 saturated carbocycles. The number of nitrogens with one attached hydrogen (secondary N) is 1. The first-order chi connectivity index (χ1) is 15.4. The van der Waals surface area contributed by atoms with E-state index in [9.17, 15) is 27.9 Å². The van der Waals surface area contributed by atoms with Crippen LogP contribution in [0.5, 0.6) is 0 Å². The first-order valence-corrected chi connectivity index (χ1v) is 11.3. The maximum absolute atomic E-state index is 12.7. The maximum Gasteiger partial charge on any atom is 0.425 e. The Bertz CT molecular complexity index is 869. The minimum atomic E-state index is -4.58. The molecule has 2 aliphatic rings. The molecule has 2 saturated heterocycles. The highest BCUT2D eigenvalue weighted by atomic mass is 19.4. The number of aliphatic carboxylic acids is 1. The zero-order valence-corrected chi connectivity index (χ0v) is 19.2. The zero-order chi connectivity index (χ0) is 24.4. The van der Waals surface area contributed by atoms with Gasteiger partial charge in [-0.1, -0.05) is 12.1 Å². The van der Waals surface area contributed by atoms with E-state index in [4.69, 9.17) is 0 Å². The molecule has 0 radical (unpaired) electrons. The molecule has 0 bridgehead atoms. The molecule has 1 aromatic carbocycles. The van der Waals surface area contributed by atoms with Crippen LogP contribution < -0.4 is 5.32 Å². The standard InChI is InChI=1S/C23H32F3N3O4/c1-15-5-6-18(19(13-15)27-16(2)20(30)31)14-29-10-4-7-22(29)8-11-28(12-9-22)21(32)33-17(3)23(24,25)26/h5-6,13,16-17,27H,4,7-12,14H2,1-3H3,(H,30,31)/t16-,17?/m0/s1. The average Bonchev–Trinajstić information content (AvgIpc) is 3.11. The van der Waals surface area contributed by atoms with Gasteiger partial charge in [-0.15, -0.1) is 0 Å². The monoisotopic (exact) mass is 471 g/mol. The SMILES string of the molecule is Cc1ccc(CN2CCCC23CCN(C(=O)OC(C)C(F)(F)F)CC3)c(N[C@@H](C)C(=O)O)c1. The maximum atomic E-state index is 12.7. The minimum absolute atomic E-state index is 0.132. The molecule has 184 valence electrons. The topological polar surface area (TPSA) is 82.1 Å². The Morgan fingerprint density at radius 3 is 2.45 bits per heavy atom. The van der Waals surface area contributed by atoms with E-state index < -0.39 is 30.4 Å². The summed E-state index contributed by atoms with van der Waals surface area (Å²) in [5, 5.41) is 12.4. The highest BCUT2D eigenvalue weighted by Crippen LogP contribution is 2.40. The number of benzene rings is 1. The molecule has 7 nitrogen and oxygen atoms in total. The zero-order valence-electron chi connectivity index (χ0n) is 19.2. The van der Waals surface area contributed by atoms with Crippen molar-refractivity contribution in [3.05, 3.63) is 29.3 Å². The van der Waals surface area contributed by atoms with Crippen molar-refractivity contribution < 1.29 is 32.6 Å². The molecule has 1 amide bonds. The molecule has 1 spiro atoms. The van der Waals surface area contributed by atoms with Crippen molar-refractivity contribution in [1.29, 1.82) is 0 Å². The van der Waals surface area contributed by atoms with Gasteiger partial charge < -0.3 is 20.1 Å². The van der Waals surface area contributed by atoms with Crippen molar-refractivity contribution >= 4 is 17.7 Å². The first-order valence-electron chi connectivity index (χ1n) is 11.3. The second kappa shape index (κ2) is 9.79. The number of amides is 1. The summed E-state index contributed by atoms with van der Waals surface area (Å²) in [6, 6.07) is 5.21. The van der Waals surface area contributed by atoms with Crippen molar-refractivity contribution in [1.82, 2.24) is 9.80 Å². The van der Waals surface area contributed by atoms with Gasteiger partial charge in [0.15, 0.2) is 6.10 Å². The number of hydrogen-bond acceptors (Lipinski definition) is 5. The van der Waals surface area contributed by atoms with Crippen LogP contribution >= 0.6 is 0 Å². The van der Waals surface area contributed by atoms with Gasteiger partial charge in [-0.25, -0.2) is 4.79 Å². The molecule has 33 heavy (non-hydrogen) atoms. The predicted octanol–water partition coefficient (Wildman–Crippen LogP) is 4.40. The highest BCUT2D eigenvalue weighted by Gasteiger charge is 2.45. The molecule has 2 atom stereocenters. The summed E-state index contributed by atoms with van der Waals surface area (Å²) in [5.41, 5.74) is 2.67. The van der Waals surface area contributed by atoms with Gasteiger partial charge in [0, 0.05) is 30.9 Å². The van der Waals surface area contributed by atoms with Gasteiger partial charge in [0.2, 0.25) is 0 Å². The van der Waals surface area contributed by atoms with Gasteiger partial charge >= 0.3 is 18.2 Å². The summed E-state index contributed by atoms with van der Waals surface area (Å²) in [6.07, 6.45) is -4.38. The van der Waals surface area contributed by atoms with E-state index in [1.54, 1.807) is 6.92 Å². The number of anilines is 1. The fourth-order valence-electron chi connectivity index (χ4n) is 4.67. The van der Waals surface area contributed by atoms with E-state index >= 15 is 0 Å². The molecule has 2 heterocycles. The van der Waals surface area contributed by atoms with Crippen LogP contribution in [0.15, 0.2) is 18.2 Å². The van der Waals surface area contributed by atoms with Crippen molar-refractivity contribution in [3.8, 4) is 0 Å². The van der Waals surface area contributed by atoms with Crippen LogP contribution in [0.4, 0.5) is 23.7 Å². The lowest BCUT2D eigenvalue weighted by atomic mass is 9.84. The molecular weight excluding hydrogens is 439 g/mol. The van der Waals surface area contributed by atoms with Crippen molar-refractivity contribution in [2.24, 2.45) is 0 Å². The van der Waals surface area contributed by atoms with Crippen LogP contribution in [0, 0.1) is 6.92 Å². The summed E-state index contributed by atoms with van der Waals surface area (Å²) in [5.74, 6) is -0.931. The lowest BCUT2D eigenvalue weighted by molar-refractivity contribution is -0.200. The van der Waals surface area contributed by atoms with E-state index in [-0.39, 0.29) is 5.54 Å². The molecular formula is C23H32F3N3O4. The van der Waals surface area contributed by atoms with Gasteiger partial charge in [0.1, 0.15) is 6.04 Å². The van der Waals surface area contributed by atoms with E-state index in [1.807, 2.05) is 25.1 Å². The number of aryl methyl sites for hydroxylation is 1. The summed E-state index contributed by atoms with van der Waals surface area (Å²) >= 11 is 0. The number of carbonyl (C=O) groups is 2. The molecule has 3 rings (SSSR count). The van der Waals surface area contributed by atoms with Crippen molar-refractivity contribution in [3.63, 3.8) is 0 Å². The quantitative estimate of drug-likeness (QED) is 0.640. The number of piperidine rings is 1. The van der Waals surface area contributed by atoms with Gasteiger partial charge in [-0.05, 0) is 70.2 Å². The summed E-state index contributed by atoms with van der Waals surface area (Å²) < 4.78 is 42.8. The molecule has 0 aromatic heterocycles. The van der Waals surface area contributed by atoms with E-state index in [2.05, 4.69) is 15.0 Å². The number of ether oxygens (including phenoxy) is 1.